The van der Waals surface area contributed by atoms with Crippen molar-refractivity contribution in [2.45, 2.75) is 71.1 Å². The molecule has 0 bridgehead atoms. The van der Waals surface area contributed by atoms with Crippen molar-refractivity contribution in [1.29, 1.82) is 0 Å². The standard InChI is InChI=1S/C28H36N6O4S/c1-7-19(4)38-27-18(3)13-20(15-30-27)22-12-11-21(25(31-22)34-16-17(2)14-28(34,5)6)26(35)33-39(36,37)24-10-8-9-23(29)32-24/h8-13,15,17,19H,7,14,16H2,1-6H3,(H2,29,32)(H,33,35)/t17-,19-/m0/s1. The molecular weight excluding hydrogens is 516 g/mol. The molecule has 3 aromatic heterocycles. The first-order valence-corrected chi connectivity index (χ1v) is 14.5. The van der Waals surface area contributed by atoms with Gasteiger partial charge in [-0.1, -0.05) is 19.9 Å². The molecule has 2 atom stereocenters. The fourth-order valence-corrected chi connectivity index (χ4v) is 5.80. The van der Waals surface area contributed by atoms with Crippen LogP contribution in [0.2, 0.25) is 0 Å². The third kappa shape index (κ3) is 6.13. The first-order valence-electron chi connectivity index (χ1n) is 13.0. The van der Waals surface area contributed by atoms with Gasteiger partial charge in [-0.25, -0.2) is 19.7 Å². The van der Waals surface area contributed by atoms with E-state index in [4.69, 9.17) is 15.5 Å². The second-order valence-corrected chi connectivity index (χ2v) is 12.4. The van der Waals surface area contributed by atoms with Gasteiger partial charge in [-0.3, -0.25) is 4.79 Å². The molecule has 3 N–H and O–H groups in total. The lowest BCUT2D eigenvalue weighted by Gasteiger charge is -2.34. The Labute approximate surface area is 230 Å². The molecule has 0 spiro atoms. The minimum Gasteiger partial charge on any atom is -0.474 e. The van der Waals surface area contributed by atoms with E-state index in [0.717, 1.165) is 24.0 Å². The second kappa shape index (κ2) is 10.8. The number of ether oxygens (including phenoxy) is 1. The lowest BCUT2D eigenvalue weighted by Crippen LogP contribution is -2.41. The maximum atomic E-state index is 13.4. The molecule has 3 aromatic rings. The van der Waals surface area contributed by atoms with E-state index in [2.05, 4.69) is 47.3 Å². The van der Waals surface area contributed by atoms with E-state index in [9.17, 15) is 13.2 Å². The smallest absolute Gasteiger partial charge is 0.281 e. The summed E-state index contributed by atoms with van der Waals surface area (Å²) in [6.45, 7) is 13.0. The average molecular weight is 553 g/mol. The molecule has 0 saturated carbocycles. The number of hydrogen-bond donors (Lipinski definition) is 2. The Kier molecular flexibility index (Phi) is 7.83. The Morgan fingerprint density at radius 3 is 2.62 bits per heavy atom. The number of amides is 1. The van der Waals surface area contributed by atoms with Crippen LogP contribution in [0.4, 0.5) is 11.6 Å². The van der Waals surface area contributed by atoms with Crippen LogP contribution in [0.3, 0.4) is 0 Å². The number of nitrogens with two attached hydrogens (primary N) is 1. The van der Waals surface area contributed by atoms with E-state index in [0.29, 0.717) is 29.9 Å². The Balaban J connectivity index is 1.74. The summed E-state index contributed by atoms with van der Waals surface area (Å²) >= 11 is 0. The molecule has 1 fully saturated rings. The van der Waals surface area contributed by atoms with Crippen molar-refractivity contribution in [3.8, 4) is 17.1 Å². The third-order valence-corrected chi connectivity index (χ3v) is 8.14. The number of nitrogens with one attached hydrogen (secondary N) is 1. The number of nitrogens with zero attached hydrogens (tertiary/aromatic N) is 4. The van der Waals surface area contributed by atoms with Crippen LogP contribution in [0.1, 0.15) is 63.4 Å². The molecule has 208 valence electrons. The van der Waals surface area contributed by atoms with Gasteiger partial charge in [0.25, 0.3) is 15.9 Å². The monoisotopic (exact) mass is 552 g/mol. The van der Waals surface area contributed by atoms with Crippen molar-refractivity contribution in [3.05, 3.63) is 53.7 Å². The van der Waals surface area contributed by atoms with Crippen LogP contribution in [-0.4, -0.2) is 47.5 Å². The summed E-state index contributed by atoms with van der Waals surface area (Å²) < 4.78 is 33.9. The topological polar surface area (TPSA) is 140 Å². The van der Waals surface area contributed by atoms with E-state index >= 15 is 0 Å². The quantitative estimate of drug-likeness (QED) is 0.417. The van der Waals surface area contributed by atoms with Crippen LogP contribution >= 0.6 is 0 Å². The summed E-state index contributed by atoms with van der Waals surface area (Å²) in [6, 6.07) is 9.47. The highest BCUT2D eigenvalue weighted by molar-refractivity contribution is 7.90. The summed E-state index contributed by atoms with van der Waals surface area (Å²) in [4.78, 5) is 28.7. The van der Waals surface area contributed by atoms with Crippen molar-refractivity contribution < 1.29 is 17.9 Å². The molecule has 0 unspecified atom stereocenters. The van der Waals surface area contributed by atoms with Crippen LogP contribution in [0.5, 0.6) is 5.88 Å². The highest BCUT2D eigenvalue weighted by Gasteiger charge is 2.39. The van der Waals surface area contributed by atoms with Crippen molar-refractivity contribution in [1.82, 2.24) is 19.7 Å². The SMILES string of the molecule is CC[C@H](C)Oc1ncc(-c2ccc(C(=O)NS(=O)(=O)c3cccc(N)n3)c(N3C[C@@H](C)CC3(C)C)n2)cc1C. The number of nitrogen functional groups attached to an aromatic ring is 1. The van der Waals surface area contributed by atoms with E-state index in [1.807, 2.05) is 19.9 Å². The van der Waals surface area contributed by atoms with Gasteiger partial charge in [0.2, 0.25) is 5.88 Å². The molecule has 0 aromatic carbocycles. The highest BCUT2D eigenvalue weighted by Crippen LogP contribution is 2.38. The highest BCUT2D eigenvalue weighted by atomic mass is 32.2. The van der Waals surface area contributed by atoms with Crippen LogP contribution in [0, 0.1) is 12.8 Å². The molecule has 0 aliphatic carbocycles. The fourth-order valence-electron chi connectivity index (χ4n) is 4.86. The molecule has 4 heterocycles. The van der Waals surface area contributed by atoms with Crippen LogP contribution in [-0.2, 0) is 10.0 Å². The summed E-state index contributed by atoms with van der Waals surface area (Å²) in [5.74, 6) is 0.582. The van der Waals surface area contributed by atoms with Crippen molar-refractivity contribution >= 4 is 27.6 Å². The van der Waals surface area contributed by atoms with Gasteiger partial charge in [0, 0.05) is 29.4 Å². The Morgan fingerprint density at radius 1 is 1.26 bits per heavy atom. The zero-order valence-electron chi connectivity index (χ0n) is 23.2. The minimum absolute atomic E-state index is 0.0364. The second-order valence-electron chi connectivity index (χ2n) is 10.8. The minimum atomic E-state index is -4.26. The predicted octanol–water partition coefficient (Wildman–Crippen LogP) is 4.35. The van der Waals surface area contributed by atoms with Gasteiger partial charge in [-0.2, -0.15) is 8.42 Å². The number of aryl methyl sites for hydroxylation is 1. The zero-order valence-corrected chi connectivity index (χ0v) is 24.0. The van der Waals surface area contributed by atoms with Gasteiger partial charge in [0.15, 0.2) is 5.03 Å². The lowest BCUT2D eigenvalue weighted by atomic mass is 9.97. The average Bonchev–Trinajstić information content (AvgIpc) is 3.15. The number of carbonyl (C=O) groups excluding carboxylic acids is 1. The van der Waals surface area contributed by atoms with E-state index in [1.54, 1.807) is 18.3 Å². The van der Waals surface area contributed by atoms with Gasteiger partial charge < -0.3 is 15.4 Å². The molecule has 4 rings (SSSR count). The first-order chi connectivity index (χ1) is 18.3. The summed E-state index contributed by atoms with van der Waals surface area (Å²) in [7, 11) is -4.26. The summed E-state index contributed by atoms with van der Waals surface area (Å²) in [5.41, 5.74) is 7.75. The number of pyridine rings is 3. The van der Waals surface area contributed by atoms with Gasteiger partial charge in [0.05, 0.1) is 17.4 Å². The maximum absolute atomic E-state index is 13.4. The molecule has 0 radical (unpaired) electrons. The third-order valence-electron chi connectivity index (χ3n) is 6.91. The Morgan fingerprint density at radius 2 is 2.00 bits per heavy atom. The van der Waals surface area contributed by atoms with E-state index < -0.39 is 15.9 Å². The van der Waals surface area contributed by atoms with E-state index in [-0.39, 0.29) is 28.1 Å². The van der Waals surface area contributed by atoms with Gasteiger partial charge in [-0.05, 0) is 76.8 Å². The van der Waals surface area contributed by atoms with Gasteiger partial charge >= 0.3 is 0 Å². The molecule has 1 saturated heterocycles. The molecule has 39 heavy (non-hydrogen) atoms. The summed E-state index contributed by atoms with van der Waals surface area (Å²) in [5, 5.41) is -0.335. The predicted molar refractivity (Wildman–Crippen MR) is 151 cm³/mol. The molecule has 1 amide bonds. The number of sulfonamides is 1. The normalized spacial score (nSPS) is 17.6. The van der Waals surface area contributed by atoms with Gasteiger partial charge in [-0.15, -0.1) is 0 Å². The largest absolute Gasteiger partial charge is 0.474 e. The Hall–Kier alpha value is -3.73. The van der Waals surface area contributed by atoms with Gasteiger partial charge in [0.1, 0.15) is 11.6 Å². The number of carbonyl (C=O) groups is 1. The number of rotatable bonds is 8. The zero-order chi connectivity index (χ0) is 28.5. The van der Waals surface area contributed by atoms with E-state index in [1.165, 1.54) is 18.2 Å². The Bertz CT molecular complexity index is 1490. The molecule has 1 aliphatic heterocycles. The maximum Gasteiger partial charge on any atom is 0.281 e. The first kappa shape index (κ1) is 28.3. The molecule has 11 heteroatoms. The molecule has 1 aliphatic rings. The lowest BCUT2D eigenvalue weighted by molar-refractivity contribution is 0.0981. The summed E-state index contributed by atoms with van der Waals surface area (Å²) in [6.07, 6.45) is 3.51. The van der Waals surface area contributed by atoms with Crippen LogP contribution in [0.25, 0.3) is 11.3 Å². The van der Waals surface area contributed by atoms with Crippen molar-refractivity contribution in [2.75, 3.05) is 17.2 Å². The van der Waals surface area contributed by atoms with Crippen molar-refractivity contribution in [2.24, 2.45) is 5.92 Å². The number of aromatic nitrogens is 3. The molecule has 10 nitrogen and oxygen atoms in total. The number of anilines is 2. The number of hydrogen-bond acceptors (Lipinski definition) is 9. The van der Waals surface area contributed by atoms with Crippen LogP contribution in [0.15, 0.2) is 47.6 Å². The van der Waals surface area contributed by atoms with Crippen molar-refractivity contribution in [3.63, 3.8) is 0 Å². The fraction of sp³-hybridized carbons (Fsp3) is 0.429. The van der Waals surface area contributed by atoms with Crippen LogP contribution < -0.4 is 20.1 Å². The molecular formula is C28H36N6O4S.